The molecule has 0 saturated carbocycles. The molecule has 0 heterocycles. The Morgan fingerprint density at radius 3 is 2.21 bits per heavy atom. The summed E-state index contributed by atoms with van der Waals surface area (Å²) in [6, 6.07) is 12.2. The molecular weight excluding hydrogens is 367 g/mol. The quantitative estimate of drug-likeness (QED) is 0.766. The Bertz CT molecular complexity index is 736. The maximum atomic E-state index is 11.9. The largest absolute Gasteiger partial charge is 0.325 e. The second-order valence-corrected chi connectivity index (χ2v) is 6.91. The third kappa shape index (κ3) is 6.07. The SMILES string of the molecule is Cc1ccc(NC(=O)CSCC(=O)Nc2ccc(Cl)cc2)c(Cl)c1. The lowest BCUT2D eigenvalue weighted by Gasteiger charge is -2.08. The van der Waals surface area contributed by atoms with E-state index in [9.17, 15) is 9.59 Å². The number of thioether (sulfide) groups is 1. The van der Waals surface area contributed by atoms with E-state index in [1.54, 1.807) is 36.4 Å². The van der Waals surface area contributed by atoms with Gasteiger partial charge in [0.25, 0.3) is 0 Å². The maximum Gasteiger partial charge on any atom is 0.234 e. The number of rotatable bonds is 6. The number of nitrogens with one attached hydrogen (secondary N) is 2. The van der Waals surface area contributed by atoms with Gasteiger partial charge in [-0.2, -0.15) is 0 Å². The van der Waals surface area contributed by atoms with Gasteiger partial charge in [-0.3, -0.25) is 9.59 Å². The van der Waals surface area contributed by atoms with Crippen molar-refractivity contribution in [1.82, 2.24) is 0 Å². The Morgan fingerprint density at radius 2 is 1.58 bits per heavy atom. The van der Waals surface area contributed by atoms with Gasteiger partial charge in [0, 0.05) is 10.7 Å². The van der Waals surface area contributed by atoms with Crippen molar-refractivity contribution in [3.63, 3.8) is 0 Å². The molecule has 0 bridgehead atoms. The monoisotopic (exact) mass is 382 g/mol. The average Bonchev–Trinajstić information content (AvgIpc) is 2.52. The lowest BCUT2D eigenvalue weighted by atomic mass is 10.2. The minimum Gasteiger partial charge on any atom is -0.325 e. The summed E-state index contributed by atoms with van der Waals surface area (Å²) in [4.78, 5) is 23.7. The molecule has 2 aromatic carbocycles. The first-order valence-electron chi connectivity index (χ1n) is 7.13. The van der Waals surface area contributed by atoms with Gasteiger partial charge in [0.2, 0.25) is 11.8 Å². The predicted molar refractivity (Wildman–Crippen MR) is 102 cm³/mol. The van der Waals surface area contributed by atoms with Crippen LogP contribution < -0.4 is 10.6 Å². The maximum absolute atomic E-state index is 11.9. The zero-order valence-electron chi connectivity index (χ0n) is 12.9. The first kappa shape index (κ1) is 18.6. The van der Waals surface area contributed by atoms with Crippen molar-refractivity contribution in [2.45, 2.75) is 6.92 Å². The van der Waals surface area contributed by atoms with Gasteiger partial charge in [-0.15, -0.1) is 11.8 Å². The summed E-state index contributed by atoms with van der Waals surface area (Å²) in [5.41, 5.74) is 2.26. The molecule has 2 rings (SSSR count). The Labute approximate surface area is 154 Å². The molecule has 2 amide bonds. The fourth-order valence-electron chi connectivity index (χ4n) is 1.87. The molecule has 0 aliphatic rings. The standard InChI is InChI=1S/C17H16Cl2N2O2S/c1-11-2-7-15(14(19)8-11)21-17(23)10-24-9-16(22)20-13-5-3-12(18)4-6-13/h2-8H,9-10H2,1H3,(H,20,22)(H,21,23). The van der Waals surface area contributed by atoms with Crippen molar-refractivity contribution in [2.24, 2.45) is 0 Å². The number of halogens is 2. The highest BCUT2D eigenvalue weighted by Gasteiger charge is 2.08. The van der Waals surface area contributed by atoms with Gasteiger partial charge in [-0.1, -0.05) is 29.3 Å². The van der Waals surface area contributed by atoms with Crippen LogP contribution in [0.15, 0.2) is 42.5 Å². The van der Waals surface area contributed by atoms with Crippen LogP contribution in [-0.4, -0.2) is 23.3 Å². The Balaban J connectivity index is 1.73. The molecule has 0 spiro atoms. The van der Waals surface area contributed by atoms with Crippen LogP contribution >= 0.6 is 35.0 Å². The summed E-state index contributed by atoms with van der Waals surface area (Å²) >= 11 is 13.1. The number of carbonyl (C=O) groups excluding carboxylic acids is 2. The zero-order chi connectivity index (χ0) is 17.5. The second kappa shape index (κ2) is 8.97. The van der Waals surface area contributed by atoms with E-state index in [1.165, 1.54) is 11.8 Å². The van der Waals surface area contributed by atoms with Crippen LogP contribution in [0, 0.1) is 6.92 Å². The van der Waals surface area contributed by atoms with Crippen LogP contribution in [0.3, 0.4) is 0 Å². The normalized spacial score (nSPS) is 10.3. The van der Waals surface area contributed by atoms with Gasteiger partial charge in [0.15, 0.2) is 0 Å². The first-order chi connectivity index (χ1) is 11.4. The number of benzene rings is 2. The molecule has 126 valence electrons. The third-order valence-corrected chi connectivity index (χ3v) is 4.49. The number of aryl methyl sites for hydroxylation is 1. The summed E-state index contributed by atoms with van der Waals surface area (Å²) in [6.45, 7) is 1.92. The molecule has 2 N–H and O–H groups in total. The molecule has 0 fully saturated rings. The van der Waals surface area contributed by atoms with E-state index < -0.39 is 0 Å². The van der Waals surface area contributed by atoms with Crippen LogP contribution in [0.4, 0.5) is 11.4 Å². The van der Waals surface area contributed by atoms with E-state index in [0.29, 0.717) is 21.4 Å². The van der Waals surface area contributed by atoms with E-state index in [0.717, 1.165) is 5.56 Å². The lowest BCUT2D eigenvalue weighted by Crippen LogP contribution is -2.18. The summed E-state index contributed by atoms with van der Waals surface area (Å²) < 4.78 is 0. The van der Waals surface area contributed by atoms with Crippen molar-refractivity contribution in [1.29, 1.82) is 0 Å². The highest BCUT2D eigenvalue weighted by molar-refractivity contribution is 8.00. The van der Waals surface area contributed by atoms with E-state index in [1.807, 2.05) is 13.0 Å². The molecule has 7 heteroatoms. The van der Waals surface area contributed by atoms with E-state index in [4.69, 9.17) is 23.2 Å². The Kier molecular flexibility index (Phi) is 6.97. The van der Waals surface area contributed by atoms with Gasteiger partial charge in [0.1, 0.15) is 0 Å². The fraction of sp³-hybridized carbons (Fsp3) is 0.176. The van der Waals surface area contributed by atoms with Crippen molar-refractivity contribution >= 4 is 58.2 Å². The average molecular weight is 383 g/mol. The molecular formula is C17H16Cl2N2O2S. The Morgan fingerprint density at radius 1 is 0.958 bits per heavy atom. The van der Waals surface area contributed by atoms with Gasteiger partial charge in [0.05, 0.1) is 22.2 Å². The van der Waals surface area contributed by atoms with Crippen molar-refractivity contribution in [2.75, 3.05) is 22.1 Å². The second-order valence-electron chi connectivity index (χ2n) is 5.08. The van der Waals surface area contributed by atoms with Gasteiger partial charge < -0.3 is 10.6 Å². The van der Waals surface area contributed by atoms with E-state index >= 15 is 0 Å². The molecule has 2 aromatic rings. The fourth-order valence-corrected chi connectivity index (χ4v) is 2.90. The van der Waals surface area contributed by atoms with Crippen LogP contribution in [0.1, 0.15) is 5.56 Å². The summed E-state index contributed by atoms with van der Waals surface area (Å²) in [5.74, 6) is -0.0378. The molecule has 0 aromatic heterocycles. The molecule has 24 heavy (non-hydrogen) atoms. The predicted octanol–water partition coefficient (Wildman–Crippen LogP) is 4.61. The highest BCUT2D eigenvalue weighted by atomic mass is 35.5. The van der Waals surface area contributed by atoms with Crippen molar-refractivity contribution in [3.05, 3.63) is 58.1 Å². The van der Waals surface area contributed by atoms with Crippen LogP contribution in [-0.2, 0) is 9.59 Å². The number of amides is 2. The lowest BCUT2D eigenvalue weighted by molar-refractivity contribution is -0.114. The van der Waals surface area contributed by atoms with E-state index in [2.05, 4.69) is 10.6 Å². The minimum atomic E-state index is -0.204. The summed E-state index contributed by atoms with van der Waals surface area (Å²) in [5, 5.41) is 6.57. The Hall–Kier alpha value is -1.69. The van der Waals surface area contributed by atoms with Crippen molar-refractivity contribution < 1.29 is 9.59 Å². The molecule has 0 aliphatic heterocycles. The molecule has 0 saturated heterocycles. The number of hydrogen-bond donors (Lipinski definition) is 2. The zero-order valence-corrected chi connectivity index (χ0v) is 15.3. The molecule has 0 radical (unpaired) electrons. The summed E-state index contributed by atoms with van der Waals surface area (Å²) in [7, 11) is 0. The van der Waals surface area contributed by atoms with Gasteiger partial charge in [-0.05, 0) is 48.9 Å². The van der Waals surface area contributed by atoms with Crippen LogP contribution in [0.25, 0.3) is 0 Å². The molecule has 0 atom stereocenters. The number of anilines is 2. The molecule has 0 unspecified atom stereocenters. The van der Waals surface area contributed by atoms with Crippen LogP contribution in [0.2, 0.25) is 10.0 Å². The van der Waals surface area contributed by atoms with Gasteiger partial charge in [-0.25, -0.2) is 0 Å². The third-order valence-electron chi connectivity index (χ3n) is 2.99. The van der Waals surface area contributed by atoms with Crippen molar-refractivity contribution in [3.8, 4) is 0 Å². The minimum absolute atomic E-state index is 0.165. The van der Waals surface area contributed by atoms with E-state index in [-0.39, 0.29) is 23.3 Å². The first-order valence-corrected chi connectivity index (χ1v) is 9.04. The number of hydrogen-bond acceptors (Lipinski definition) is 3. The van der Waals surface area contributed by atoms with Gasteiger partial charge >= 0.3 is 0 Å². The smallest absolute Gasteiger partial charge is 0.234 e. The number of carbonyl (C=O) groups is 2. The molecule has 0 aliphatic carbocycles. The summed E-state index contributed by atoms with van der Waals surface area (Å²) in [6.07, 6.45) is 0. The van der Waals surface area contributed by atoms with Crippen LogP contribution in [0.5, 0.6) is 0 Å². The topological polar surface area (TPSA) is 58.2 Å². The highest BCUT2D eigenvalue weighted by Crippen LogP contribution is 2.22. The molecule has 4 nitrogen and oxygen atoms in total.